The van der Waals surface area contributed by atoms with E-state index in [1.165, 1.54) is 0 Å². The summed E-state index contributed by atoms with van der Waals surface area (Å²) < 4.78 is 30.6. The smallest absolute Gasteiger partial charge is 0.257 e. The van der Waals surface area contributed by atoms with Gasteiger partial charge in [-0.05, 0) is 49.2 Å². The van der Waals surface area contributed by atoms with Crippen molar-refractivity contribution >= 4 is 26.7 Å². The summed E-state index contributed by atoms with van der Waals surface area (Å²) in [6, 6.07) is 14.5. The predicted molar refractivity (Wildman–Crippen MR) is 101 cm³/mol. The molecule has 1 aliphatic rings. The van der Waals surface area contributed by atoms with Gasteiger partial charge in [0.25, 0.3) is 10.0 Å². The second kappa shape index (κ2) is 6.26. The molecule has 1 aliphatic heterocycles. The molecule has 134 valence electrons. The SMILES string of the molecule is COc1ccc2cc3c(nc2c1)N(NS(=O)(=O)c1ccc(C)cc1)CC3. The molecule has 1 aromatic heterocycles. The first-order valence-electron chi connectivity index (χ1n) is 8.30. The minimum absolute atomic E-state index is 0.235. The second-order valence-corrected chi connectivity index (χ2v) is 8.00. The van der Waals surface area contributed by atoms with Gasteiger partial charge < -0.3 is 4.74 Å². The van der Waals surface area contributed by atoms with Crippen LogP contribution in [0.25, 0.3) is 10.9 Å². The lowest BCUT2D eigenvalue weighted by molar-refractivity contribution is 0.415. The summed E-state index contributed by atoms with van der Waals surface area (Å²) >= 11 is 0. The Morgan fingerprint density at radius 2 is 1.88 bits per heavy atom. The van der Waals surface area contributed by atoms with Gasteiger partial charge in [0.15, 0.2) is 0 Å². The maximum Gasteiger partial charge on any atom is 0.257 e. The Morgan fingerprint density at radius 3 is 2.62 bits per heavy atom. The van der Waals surface area contributed by atoms with Crippen molar-refractivity contribution in [1.82, 2.24) is 9.82 Å². The minimum atomic E-state index is -3.66. The van der Waals surface area contributed by atoms with Crippen LogP contribution in [0.5, 0.6) is 5.75 Å². The Kier molecular flexibility index (Phi) is 4.05. The van der Waals surface area contributed by atoms with Gasteiger partial charge >= 0.3 is 0 Å². The zero-order valence-corrected chi connectivity index (χ0v) is 15.4. The Hall–Kier alpha value is -2.64. The molecule has 1 N–H and O–H groups in total. The van der Waals surface area contributed by atoms with E-state index >= 15 is 0 Å². The fourth-order valence-corrected chi connectivity index (χ4v) is 4.14. The molecule has 6 nitrogen and oxygen atoms in total. The van der Waals surface area contributed by atoms with Gasteiger partial charge in [-0.1, -0.05) is 17.7 Å². The van der Waals surface area contributed by atoms with Gasteiger partial charge in [0.05, 0.1) is 17.5 Å². The van der Waals surface area contributed by atoms with Crippen molar-refractivity contribution < 1.29 is 13.2 Å². The number of hydrazine groups is 1. The van der Waals surface area contributed by atoms with E-state index in [1.54, 1.807) is 36.4 Å². The number of sulfonamides is 1. The summed E-state index contributed by atoms with van der Waals surface area (Å²) in [4.78, 5) is 7.54. The van der Waals surface area contributed by atoms with Crippen molar-refractivity contribution in [2.75, 3.05) is 18.7 Å². The normalized spacial score (nSPS) is 13.8. The van der Waals surface area contributed by atoms with E-state index in [1.807, 2.05) is 25.1 Å². The summed E-state index contributed by atoms with van der Waals surface area (Å²) in [5.74, 6) is 1.36. The highest BCUT2D eigenvalue weighted by Gasteiger charge is 2.26. The maximum atomic E-state index is 12.7. The Labute approximate surface area is 152 Å². The largest absolute Gasteiger partial charge is 0.497 e. The van der Waals surface area contributed by atoms with Gasteiger partial charge in [0.2, 0.25) is 0 Å². The number of rotatable bonds is 4. The summed E-state index contributed by atoms with van der Waals surface area (Å²) in [6.45, 7) is 2.46. The fraction of sp³-hybridized carbons (Fsp3) is 0.211. The van der Waals surface area contributed by atoms with Crippen LogP contribution >= 0.6 is 0 Å². The number of hydrogen-bond acceptors (Lipinski definition) is 5. The zero-order valence-electron chi connectivity index (χ0n) is 14.6. The average Bonchev–Trinajstić information content (AvgIpc) is 3.01. The Balaban J connectivity index is 1.68. The molecule has 2 aromatic carbocycles. The van der Waals surface area contributed by atoms with Crippen molar-refractivity contribution in [1.29, 1.82) is 0 Å². The van der Waals surface area contributed by atoms with Crippen LogP contribution < -0.4 is 14.6 Å². The number of pyridine rings is 1. The number of aromatic nitrogens is 1. The van der Waals surface area contributed by atoms with E-state index in [9.17, 15) is 8.42 Å². The number of fused-ring (bicyclic) bond motifs is 2. The molecule has 0 radical (unpaired) electrons. The van der Waals surface area contributed by atoms with E-state index in [0.29, 0.717) is 12.4 Å². The summed E-state index contributed by atoms with van der Waals surface area (Å²) in [6.07, 6.45) is 0.737. The highest BCUT2D eigenvalue weighted by molar-refractivity contribution is 7.89. The number of nitrogens with zero attached hydrogens (tertiary/aromatic N) is 2. The summed E-state index contributed by atoms with van der Waals surface area (Å²) in [7, 11) is -2.05. The van der Waals surface area contributed by atoms with Gasteiger partial charge in [-0.25, -0.2) is 13.4 Å². The first-order valence-corrected chi connectivity index (χ1v) is 9.79. The third-order valence-corrected chi connectivity index (χ3v) is 5.86. The first-order chi connectivity index (χ1) is 12.5. The third kappa shape index (κ3) is 3.00. The standard InChI is InChI=1S/C19H19N3O3S/c1-13-3-7-17(8-4-13)26(23,24)21-22-10-9-15-11-14-5-6-16(25-2)12-18(14)20-19(15)22/h3-8,11-12,21H,9-10H2,1-2H3. The van der Waals surface area contributed by atoms with E-state index in [4.69, 9.17) is 4.74 Å². The number of methoxy groups -OCH3 is 1. The highest BCUT2D eigenvalue weighted by Crippen LogP contribution is 2.30. The Morgan fingerprint density at radius 1 is 1.12 bits per heavy atom. The third-order valence-electron chi connectivity index (χ3n) is 4.50. The van der Waals surface area contributed by atoms with Crippen molar-refractivity contribution in [3.8, 4) is 5.75 Å². The number of aryl methyl sites for hydroxylation is 1. The fourth-order valence-electron chi connectivity index (χ4n) is 3.07. The molecule has 0 atom stereocenters. The number of anilines is 1. The molecule has 0 saturated heterocycles. The molecule has 0 saturated carbocycles. The van der Waals surface area contributed by atoms with Gasteiger partial charge in [0.1, 0.15) is 11.6 Å². The minimum Gasteiger partial charge on any atom is -0.497 e. The zero-order chi connectivity index (χ0) is 18.3. The van der Waals surface area contributed by atoms with Crippen molar-refractivity contribution in [3.05, 3.63) is 59.7 Å². The van der Waals surface area contributed by atoms with Gasteiger partial charge in [-0.2, -0.15) is 0 Å². The second-order valence-electron chi connectivity index (χ2n) is 6.34. The van der Waals surface area contributed by atoms with Gasteiger partial charge in [-0.15, -0.1) is 4.83 Å². The van der Waals surface area contributed by atoms with E-state index in [0.717, 1.165) is 34.2 Å². The van der Waals surface area contributed by atoms with E-state index in [-0.39, 0.29) is 4.90 Å². The lowest BCUT2D eigenvalue weighted by Gasteiger charge is -2.19. The molecule has 0 amide bonds. The molecule has 0 unspecified atom stereocenters. The number of hydrogen-bond donors (Lipinski definition) is 1. The molecule has 0 aliphatic carbocycles. The van der Waals surface area contributed by atoms with Crippen LogP contribution in [0.2, 0.25) is 0 Å². The topological polar surface area (TPSA) is 71.5 Å². The molecule has 26 heavy (non-hydrogen) atoms. The van der Waals surface area contributed by atoms with Gasteiger partial charge in [-0.3, -0.25) is 5.01 Å². The summed E-state index contributed by atoms with van der Waals surface area (Å²) in [5.41, 5.74) is 2.80. The molecular weight excluding hydrogens is 350 g/mol. The van der Waals surface area contributed by atoms with Crippen LogP contribution in [0, 0.1) is 6.92 Å². The van der Waals surface area contributed by atoms with Crippen LogP contribution in [0.1, 0.15) is 11.1 Å². The molecular formula is C19H19N3O3S. The molecule has 4 rings (SSSR count). The van der Waals surface area contributed by atoms with Crippen LogP contribution in [0.3, 0.4) is 0 Å². The molecule has 7 heteroatoms. The van der Waals surface area contributed by atoms with Gasteiger partial charge in [0, 0.05) is 18.0 Å². The Bertz CT molecular complexity index is 1080. The van der Waals surface area contributed by atoms with Crippen molar-refractivity contribution in [3.63, 3.8) is 0 Å². The quantitative estimate of drug-likeness (QED) is 0.766. The molecule has 0 fully saturated rings. The van der Waals surface area contributed by atoms with E-state index in [2.05, 4.69) is 15.9 Å². The summed E-state index contributed by atoms with van der Waals surface area (Å²) in [5, 5.41) is 2.61. The molecule has 0 spiro atoms. The lowest BCUT2D eigenvalue weighted by atomic mass is 10.1. The van der Waals surface area contributed by atoms with Crippen LogP contribution in [-0.2, 0) is 16.4 Å². The molecule has 3 aromatic rings. The van der Waals surface area contributed by atoms with Crippen molar-refractivity contribution in [2.24, 2.45) is 0 Å². The highest BCUT2D eigenvalue weighted by atomic mass is 32.2. The predicted octanol–water partition coefficient (Wildman–Crippen LogP) is 2.81. The first kappa shape index (κ1) is 16.8. The number of nitrogens with one attached hydrogen (secondary N) is 1. The van der Waals surface area contributed by atoms with Crippen LogP contribution in [0.4, 0.5) is 5.82 Å². The lowest BCUT2D eigenvalue weighted by Crippen LogP contribution is -2.41. The van der Waals surface area contributed by atoms with E-state index < -0.39 is 10.0 Å². The van der Waals surface area contributed by atoms with Crippen LogP contribution in [0.15, 0.2) is 53.4 Å². The molecule has 0 bridgehead atoms. The van der Waals surface area contributed by atoms with Crippen LogP contribution in [-0.4, -0.2) is 27.1 Å². The van der Waals surface area contributed by atoms with Crippen molar-refractivity contribution in [2.45, 2.75) is 18.2 Å². The number of ether oxygens (including phenoxy) is 1. The molecule has 2 heterocycles. The monoisotopic (exact) mass is 369 g/mol. The number of benzene rings is 2. The average molecular weight is 369 g/mol. The maximum absolute atomic E-state index is 12.7.